The number of hydrogen-bond acceptors (Lipinski definition) is 4. The van der Waals surface area contributed by atoms with Crippen LogP contribution in [-0.4, -0.2) is 57.3 Å². The number of aryl methyl sites for hydroxylation is 1. The summed E-state index contributed by atoms with van der Waals surface area (Å²) in [6.45, 7) is 3.05. The molecular formula is C23H30ClN3O3S. The highest BCUT2D eigenvalue weighted by molar-refractivity contribution is 7.89. The third-order valence-corrected chi connectivity index (χ3v) is 8.10. The monoisotopic (exact) mass is 463 g/mol. The van der Waals surface area contributed by atoms with Gasteiger partial charge in [0.1, 0.15) is 0 Å². The van der Waals surface area contributed by atoms with Gasteiger partial charge in [-0.05, 0) is 57.6 Å². The normalized spacial score (nSPS) is 16.9. The van der Waals surface area contributed by atoms with E-state index in [9.17, 15) is 13.2 Å². The fraction of sp³-hybridized carbons (Fsp3) is 0.435. The maximum atomic E-state index is 12.9. The summed E-state index contributed by atoms with van der Waals surface area (Å²) >= 11 is 6.34. The number of carbonyl (C=O) groups is 1. The van der Waals surface area contributed by atoms with Crippen molar-refractivity contribution in [2.24, 2.45) is 5.92 Å². The predicted molar refractivity (Wildman–Crippen MR) is 124 cm³/mol. The number of likely N-dealkylation sites (N-methyl/N-ethyl adjacent to an activating group) is 1. The van der Waals surface area contributed by atoms with Crippen LogP contribution in [0.15, 0.2) is 53.4 Å². The molecule has 2 aromatic carbocycles. The van der Waals surface area contributed by atoms with Crippen LogP contribution in [0.3, 0.4) is 0 Å². The molecule has 8 heteroatoms. The van der Waals surface area contributed by atoms with E-state index in [0.29, 0.717) is 42.4 Å². The summed E-state index contributed by atoms with van der Waals surface area (Å²) in [6.07, 6.45) is 1.02. The van der Waals surface area contributed by atoms with E-state index in [0.717, 1.165) is 11.1 Å². The molecule has 1 atom stereocenters. The Labute approximate surface area is 190 Å². The Morgan fingerprint density at radius 2 is 1.74 bits per heavy atom. The van der Waals surface area contributed by atoms with Crippen molar-refractivity contribution in [2.45, 2.75) is 30.7 Å². The van der Waals surface area contributed by atoms with Crippen LogP contribution >= 0.6 is 11.6 Å². The van der Waals surface area contributed by atoms with E-state index in [-0.39, 0.29) is 17.9 Å². The Kier molecular flexibility index (Phi) is 7.75. The number of piperidine rings is 1. The SMILES string of the molecule is Cc1ccc(S(=O)(=O)N2CCC(C(=O)NCC(c3ccccc3Cl)N(C)C)CC2)cc1. The van der Waals surface area contributed by atoms with Crippen LogP contribution in [0.4, 0.5) is 0 Å². The van der Waals surface area contributed by atoms with E-state index in [1.165, 1.54) is 4.31 Å². The summed E-state index contributed by atoms with van der Waals surface area (Å²) in [5.74, 6) is -0.232. The van der Waals surface area contributed by atoms with Gasteiger partial charge in [-0.1, -0.05) is 47.5 Å². The highest BCUT2D eigenvalue weighted by atomic mass is 35.5. The first-order valence-electron chi connectivity index (χ1n) is 10.5. The van der Waals surface area contributed by atoms with E-state index in [4.69, 9.17) is 11.6 Å². The van der Waals surface area contributed by atoms with Gasteiger partial charge in [-0.15, -0.1) is 0 Å². The zero-order chi connectivity index (χ0) is 22.6. The molecule has 0 spiro atoms. The van der Waals surface area contributed by atoms with Crippen molar-refractivity contribution in [1.29, 1.82) is 0 Å². The van der Waals surface area contributed by atoms with Gasteiger partial charge < -0.3 is 10.2 Å². The van der Waals surface area contributed by atoms with E-state index < -0.39 is 10.0 Å². The Bertz CT molecular complexity index is 1000. The molecule has 31 heavy (non-hydrogen) atoms. The lowest BCUT2D eigenvalue weighted by Gasteiger charge is -2.31. The minimum absolute atomic E-state index is 0.0358. The smallest absolute Gasteiger partial charge is 0.243 e. The third kappa shape index (κ3) is 5.66. The molecule has 6 nitrogen and oxygen atoms in total. The lowest BCUT2D eigenvalue weighted by Crippen LogP contribution is -2.44. The van der Waals surface area contributed by atoms with Crippen molar-refractivity contribution in [3.63, 3.8) is 0 Å². The largest absolute Gasteiger partial charge is 0.354 e. The molecule has 1 aliphatic heterocycles. The van der Waals surface area contributed by atoms with Crippen molar-refractivity contribution < 1.29 is 13.2 Å². The molecule has 1 heterocycles. The second-order valence-corrected chi connectivity index (χ2v) is 10.6. The molecule has 2 aromatic rings. The molecule has 168 valence electrons. The van der Waals surface area contributed by atoms with Crippen molar-refractivity contribution in [2.75, 3.05) is 33.7 Å². The average Bonchev–Trinajstić information content (AvgIpc) is 2.75. The first-order chi connectivity index (χ1) is 14.7. The summed E-state index contributed by atoms with van der Waals surface area (Å²) in [5.41, 5.74) is 1.98. The van der Waals surface area contributed by atoms with E-state index in [1.54, 1.807) is 24.3 Å². The number of amides is 1. The van der Waals surface area contributed by atoms with E-state index in [1.807, 2.05) is 50.2 Å². The zero-order valence-corrected chi connectivity index (χ0v) is 19.8. The maximum absolute atomic E-state index is 12.9. The van der Waals surface area contributed by atoms with Crippen LogP contribution in [0.5, 0.6) is 0 Å². The minimum atomic E-state index is -3.53. The molecule has 1 amide bonds. The fourth-order valence-electron chi connectivity index (χ4n) is 3.88. The number of rotatable bonds is 7. The van der Waals surface area contributed by atoms with Crippen LogP contribution in [0.25, 0.3) is 0 Å². The number of sulfonamides is 1. The topological polar surface area (TPSA) is 69.7 Å². The highest BCUT2D eigenvalue weighted by Crippen LogP contribution is 2.27. The number of hydrogen-bond donors (Lipinski definition) is 1. The number of carbonyl (C=O) groups excluding carboxylic acids is 1. The molecule has 3 rings (SSSR count). The molecule has 0 bridgehead atoms. The van der Waals surface area contributed by atoms with Crippen molar-refractivity contribution >= 4 is 27.5 Å². The summed E-state index contributed by atoms with van der Waals surface area (Å²) in [5, 5.41) is 3.72. The Morgan fingerprint density at radius 1 is 1.13 bits per heavy atom. The van der Waals surface area contributed by atoms with Gasteiger partial charge in [-0.2, -0.15) is 4.31 Å². The molecule has 1 fully saturated rings. The lowest BCUT2D eigenvalue weighted by molar-refractivity contribution is -0.126. The second kappa shape index (κ2) is 10.1. The van der Waals surface area contributed by atoms with Gasteiger partial charge in [0.2, 0.25) is 15.9 Å². The van der Waals surface area contributed by atoms with E-state index >= 15 is 0 Å². The highest BCUT2D eigenvalue weighted by Gasteiger charge is 2.32. The summed E-state index contributed by atoms with van der Waals surface area (Å²) < 4.78 is 27.2. The van der Waals surface area contributed by atoms with Gasteiger partial charge in [0.15, 0.2) is 0 Å². The fourth-order valence-corrected chi connectivity index (χ4v) is 5.61. The van der Waals surface area contributed by atoms with Gasteiger partial charge in [-0.25, -0.2) is 8.42 Å². The van der Waals surface area contributed by atoms with Crippen LogP contribution in [0.2, 0.25) is 5.02 Å². The van der Waals surface area contributed by atoms with E-state index in [2.05, 4.69) is 5.32 Å². The van der Waals surface area contributed by atoms with Crippen molar-refractivity contribution in [1.82, 2.24) is 14.5 Å². The molecule has 0 saturated carbocycles. The quantitative estimate of drug-likeness (QED) is 0.682. The van der Waals surface area contributed by atoms with Crippen LogP contribution in [0.1, 0.15) is 30.0 Å². The standard InChI is InChI=1S/C23H30ClN3O3S/c1-17-8-10-19(11-9-17)31(29,30)27-14-12-18(13-15-27)23(28)25-16-22(26(2)3)20-6-4-5-7-21(20)24/h4-11,18,22H,12-16H2,1-3H3,(H,25,28). The molecular weight excluding hydrogens is 434 g/mol. The summed E-state index contributed by atoms with van der Waals surface area (Å²) in [7, 11) is 0.381. The maximum Gasteiger partial charge on any atom is 0.243 e. The number of nitrogens with zero attached hydrogens (tertiary/aromatic N) is 2. The van der Waals surface area contributed by atoms with Gasteiger partial charge in [0.05, 0.1) is 10.9 Å². The number of benzene rings is 2. The Hall–Kier alpha value is -1.93. The molecule has 0 aliphatic carbocycles. The lowest BCUT2D eigenvalue weighted by atomic mass is 9.97. The Balaban J connectivity index is 1.57. The molecule has 1 unspecified atom stereocenters. The first kappa shape index (κ1) is 23.7. The predicted octanol–water partition coefficient (Wildman–Crippen LogP) is 3.47. The van der Waals surface area contributed by atoms with Crippen LogP contribution in [-0.2, 0) is 14.8 Å². The van der Waals surface area contributed by atoms with Crippen molar-refractivity contribution in [3.05, 3.63) is 64.7 Å². The van der Waals surface area contributed by atoms with Crippen LogP contribution < -0.4 is 5.32 Å². The van der Waals surface area contributed by atoms with Gasteiger partial charge >= 0.3 is 0 Å². The molecule has 1 N–H and O–H groups in total. The minimum Gasteiger partial charge on any atom is -0.354 e. The molecule has 0 radical (unpaired) electrons. The second-order valence-electron chi connectivity index (χ2n) is 8.24. The third-order valence-electron chi connectivity index (χ3n) is 5.84. The molecule has 1 saturated heterocycles. The van der Waals surface area contributed by atoms with Gasteiger partial charge in [-0.3, -0.25) is 4.79 Å². The number of nitrogens with one attached hydrogen (secondary N) is 1. The summed E-state index contributed by atoms with van der Waals surface area (Å²) in [4.78, 5) is 15.1. The summed E-state index contributed by atoms with van der Waals surface area (Å²) in [6, 6.07) is 14.5. The zero-order valence-electron chi connectivity index (χ0n) is 18.2. The van der Waals surface area contributed by atoms with Gasteiger partial charge in [0, 0.05) is 30.6 Å². The Morgan fingerprint density at radius 3 is 2.32 bits per heavy atom. The van der Waals surface area contributed by atoms with Crippen LogP contribution in [0, 0.1) is 12.8 Å². The first-order valence-corrected chi connectivity index (χ1v) is 12.3. The van der Waals surface area contributed by atoms with Crippen molar-refractivity contribution in [3.8, 4) is 0 Å². The average molecular weight is 464 g/mol. The van der Waals surface area contributed by atoms with Gasteiger partial charge in [0.25, 0.3) is 0 Å². The molecule has 1 aliphatic rings. The number of halogens is 1. The molecule has 0 aromatic heterocycles.